The van der Waals surface area contributed by atoms with Gasteiger partial charge < -0.3 is 14.2 Å². The predicted octanol–water partition coefficient (Wildman–Crippen LogP) is 4.49. The SMILES string of the molecule is Cc1ccn2cc(-c3cccc(NC(=O)CCc4c(C)noc4C)c3)nc2c1. The molecule has 142 valence electrons. The number of carbonyl (C=O) groups excluding carboxylic acids is 1. The summed E-state index contributed by atoms with van der Waals surface area (Å²) in [5.41, 5.74) is 6.52. The molecule has 4 rings (SSSR count). The second-order valence-corrected chi connectivity index (χ2v) is 7.03. The zero-order chi connectivity index (χ0) is 19.7. The van der Waals surface area contributed by atoms with Crippen molar-refractivity contribution in [2.75, 3.05) is 5.32 Å². The minimum absolute atomic E-state index is 0.0391. The Bertz CT molecular complexity index is 1140. The fraction of sp³-hybridized carbons (Fsp3) is 0.227. The third-order valence-electron chi connectivity index (χ3n) is 4.84. The number of rotatable bonds is 5. The third-order valence-corrected chi connectivity index (χ3v) is 4.84. The average Bonchev–Trinajstić information content (AvgIpc) is 3.23. The van der Waals surface area contributed by atoms with Gasteiger partial charge in [-0.25, -0.2) is 4.98 Å². The van der Waals surface area contributed by atoms with Gasteiger partial charge in [0.05, 0.1) is 11.4 Å². The summed E-state index contributed by atoms with van der Waals surface area (Å²) in [5, 5.41) is 6.90. The number of hydrogen-bond donors (Lipinski definition) is 1. The van der Waals surface area contributed by atoms with Crippen molar-refractivity contribution in [3.8, 4) is 11.3 Å². The largest absolute Gasteiger partial charge is 0.361 e. The van der Waals surface area contributed by atoms with Crippen LogP contribution in [0, 0.1) is 20.8 Å². The van der Waals surface area contributed by atoms with E-state index in [4.69, 9.17) is 4.52 Å². The summed E-state index contributed by atoms with van der Waals surface area (Å²) in [5.74, 6) is 0.733. The van der Waals surface area contributed by atoms with Crippen LogP contribution in [-0.2, 0) is 11.2 Å². The summed E-state index contributed by atoms with van der Waals surface area (Å²) in [4.78, 5) is 17.1. The van der Waals surface area contributed by atoms with Crippen molar-refractivity contribution < 1.29 is 9.32 Å². The van der Waals surface area contributed by atoms with Crippen LogP contribution in [0.3, 0.4) is 0 Å². The number of nitrogens with zero attached hydrogens (tertiary/aromatic N) is 3. The first-order valence-electron chi connectivity index (χ1n) is 9.27. The Hall–Kier alpha value is -3.41. The summed E-state index contributed by atoms with van der Waals surface area (Å²) in [7, 11) is 0. The molecule has 0 saturated carbocycles. The van der Waals surface area contributed by atoms with Crippen LogP contribution in [-0.4, -0.2) is 20.4 Å². The third kappa shape index (κ3) is 3.67. The number of imidazole rings is 1. The van der Waals surface area contributed by atoms with Gasteiger partial charge in [-0.2, -0.15) is 0 Å². The van der Waals surface area contributed by atoms with Crippen LogP contribution in [0.4, 0.5) is 5.69 Å². The van der Waals surface area contributed by atoms with E-state index in [9.17, 15) is 4.79 Å². The summed E-state index contributed by atoms with van der Waals surface area (Å²) in [6.45, 7) is 5.81. The maximum absolute atomic E-state index is 12.4. The molecule has 0 spiro atoms. The molecule has 6 heteroatoms. The van der Waals surface area contributed by atoms with E-state index in [1.165, 1.54) is 5.56 Å². The highest BCUT2D eigenvalue weighted by Crippen LogP contribution is 2.23. The van der Waals surface area contributed by atoms with Gasteiger partial charge in [0.1, 0.15) is 11.4 Å². The molecule has 0 aliphatic rings. The number of aromatic nitrogens is 3. The molecule has 0 saturated heterocycles. The van der Waals surface area contributed by atoms with Gasteiger partial charge in [-0.05, 0) is 57.0 Å². The van der Waals surface area contributed by atoms with Gasteiger partial charge in [0.25, 0.3) is 0 Å². The maximum atomic E-state index is 12.4. The summed E-state index contributed by atoms with van der Waals surface area (Å²) in [6, 6.07) is 11.8. The second kappa shape index (κ2) is 7.31. The van der Waals surface area contributed by atoms with E-state index in [0.717, 1.165) is 39.6 Å². The number of anilines is 1. The number of pyridine rings is 1. The van der Waals surface area contributed by atoms with Crippen LogP contribution in [0.15, 0.2) is 53.3 Å². The molecule has 1 N–H and O–H groups in total. The highest BCUT2D eigenvalue weighted by atomic mass is 16.5. The molecule has 3 aromatic heterocycles. The molecule has 28 heavy (non-hydrogen) atoms. The quantitative estimate of drug-likeness (QED) is 0.559. The van der Waals surface area contributed by atoms with E-state index in [-0.39, 0.29) is 5.91 Å². The second-order valence-electron chi connectivity index (χ2n) is 7.03. The van der Waals surface area contributed by atoms with Gasteiger partial charge >= 0.3 is 0 Å². The molecule has 0 unspecified atom stereocenters. The number of hydrogen-bond acceptors (Lipinski definition) is 4. The first-order valence-corrected chi connectivity index (χ1v) is 9.27. The standard InChI is InChI=1S/C22H22N4O2/c1-14-9-10-26-13-20(24-21(26)11-14)17-5-4-6-18(12-17)23-22(27)8-7-19-15(2)25-28-16(19)3/h4-6,9-13H,7-8H2,1-3H3,(H,23,27). The van der Waals surface area contributed by atoms with Crippen LogP contribution in [0.25, 0.3) is 16.9 Å². The summed E-state index contributed by atoms with van der Waals surface area (Å²) in [6.07, 6.45) is 4.98. The van der Waals surface area contributed by atoms with Gasteiger partial charge in [-0.15, -0.1) is 0 Å². The lowest BCUT2D eigenvalue weighted by molar-refractivity contribution is -0.116. The molecule has 6 nitrogen and oxygen atoms in total. The van der Waals surface area contributed by atoms with Crippen molar-refractivity contribution in [1.29, 1.82) is 0 Å². The molecular formula is C22H22N4O2. The van der Waals surface area contributed by atoms with Gasteiger partial charge in [0.2, 0.25) is 5.91 Å². The Morgan fingerprint density at radius 1 is 1.18 bits per heavy atom. The van der Waals surface area contributed by atoms with Gasteiger partial charge in [-0.1, -0.05) is 17.3 Å². The maximum Gasteiger partial charge on any atom is 0.224 e. The molecule has 1 amide bonds. The first kappa shape index (κ1) is 18.0. The van der Waals surface area contributed by atoms with E-state index in [0.29, 0.717) is 12.8 Å². The Morgan fingerprint density at radius 2 is 2.04 bits per heavy atom. The number of amides is 1. The molecule has 0 atom stereocenters. The van der Waals surface area contributed by atoms with E-state index >= 15 is 0 Å². The van der Waals surface area contributed by atoms with Gasteiger partial charge in [-0.3, -0.25) is 4.79 Å². The Balaban J connectivity index is 1.48. The molecule has 3 heterocycles. The molecule has 0 aliphatic carbocycles. The van der Waals surface area contributed by atoms with Crippen molar-refractivity contribution in [2.45, 2.75) is 33.6 Å². The number of benzene rings is 1. The lowest BCUT2D eigenvalue weighted by Gasteiger charge is -2.06. The molecular weight excluding hydrogens is 352 g/mol. The van der Waals surface area contributed by atoms with E-state index < -0.39 is 0 Å². The molecule has 1 aromatic carbocycles. The minimum Gasteiger partial charge on any atom is -0.361 e. The number of carbonyl (C=O) groups is 1. The Morgan fingerprint density at radius 3 is 2.82 bits per heavy atom. The lowest BCUT2D eigenvalue weighted by Crippen LogP contribution is -2.12. The van der Waals surface area contributed by atoms with E-state index in [1.807, 2.05) is 74.0 Å². The van der Waals surface area contributed by atoms with Gasteiger partial charge in [0, 0.05) is 35.6 Å². The normalized spacial score (nSPS) is 11.1. The fourth-order valence-corrected chi connectivity index (χ4v) is 3.30. The van der Waals surface area contributed by atoms with Crippen LogP contribution < -0.4 is 5.32 Å². The molecule has 0 bridgehead atoms. The Kier molecular flexibility index (Phi) is 4.69. The molecule has 4 aromatic rings. The zero-order valence-corrected chi connectivity index (χ0v) is 16.2. The monoisotopic (exact) mass is 374 g/mol. The van der Waals surface area contributed by atoms with Crippen molar-refractivity contribution in [3.05, 3.63) is 71.4 Å². The van der Waals surface area contributed by atoms with Crippen LogP contribution in [0.2, 0.25) is 0 Å². The number of nitrogens with one attached hydrogen (secondary N) is 1. The topological polar surface area (TPSA) is 72.4 Å². The Labute approximate surface area is 163 Å². The average molecular weight is 374 g/mol. The van der Waals surface area contributed by atoms with Crippen LogP contribution in [0.5, 0.6) is 0 Å². The molecule has 0 fully saturated rings. The highest BCUT2D eigenvalue weighted by molar-refractivity contribution is 5.91. The first-order chi connectivity index (χ1) is 13.5. The number of fused-ring (bicyclic) bond motifs is 1. The minimum atomic E-state index is -0.0391. The molecule has 0 aliphatic heterocycles. The van der Waals surface area contributed by atoms with Crippen LogP contribution >= 0.6 is 0 Å². The predicted molar refractivity (Wildman–Crippen MR) is 108 cm³/mol. The fourth-order valence-electron chi connectivity index (χ4n) is 3.30. The smallest absolute Gasteiger partial charge is 0.224 e. The van der Waals surface area contributed by atoms with Crippen molar-refractivity contribution in [3.63, 3.8) is 0 Å². The van der Waals surface area contributed by atoms with Crippen molar-refractivity contribution in [1.82, 2.24) is 14.5 Å². The van der Waals surface area contributed by atoms with E-state index in [1.54, 1.807) is 0 Å². The molecule has 0 radical (unpaired) electrons. The summed E-state index contributed by atoms with van der Waals surface area (Å²) < 4.78 is 7.15. The summed E-state index contributed by atoms with van der Waals surface area (Å²) >= 11 is 0. The van der Waals surface area contributed by atoms with Crippen LogP contribution in [0.1, 0.15) is 29.0 Å². The lowest BCUT2D eigenvalue weighted by atomic mass is 10.1. The van der Waals surface area contributed by atoms with Crippen molar-refractivity contribution in [2.24, 2.45) is 0 Å². The van der Waals surface area contributed by atoms with Crippen molar-refractivity contribution >= 4 is 17.2 Å². The van der Waals surface area contributed by atoms with E-state index in [2.05, 4.69) is 15.5 Å². The number of aryl methyl sites for hydroxylation is 3. The zero-order valence-electron chi connectivity index (χ0n) is 16.2. The van der Waals surface area contributed by atoms with Gasteiger partial charge in [0.15, 0.2) is 0 Å². The highest BCUT2D eigenvalue weighted by Gasteiger charge is 2.12.